The Morgan fingerprint density at radius 3 is 2.57 bits per heavy atom. The third kappa shape index (κ3) is 4.10. The van der Waals surface area contributed by atoms with Gasteiger partial charge in [-0.25, -0.2) is 8.42 Å². The summed E-state index contributed by atoms with van der Waals surface area (Å²) < 4.78 is 28.4. The number of anilines is 1. The number of carbonyl (C=O) groups is 1. The Morgan fingerprint density at radius 2 is 2.05 bits per heavy atom. The summed E-state index contributed by atoms with van der Waals surface area (Å²) in [6, 6.07) is 6.54. The molecule has 0 spiro atoms. The smallest absolute Gasteiger partial charge is 0.260 e. The summed E-state index contributed by atoms with van der Waals surface area (Å²) >= 11 is 0. The van der Waals surface area contributed by atoms with Crippen molar-refractivity contribution in [3.63, 3.8) is 0 Å². The molecule has 1 aliphatic rings. The lowest BCUT2D eigenvalue weighted by Crippen LogP contribution is -2.43. The highest BCUT2D eigenvalue weighted by molar-refractivity contribution is 7.91. The number of carbonyl (C=O) groups excluding carboxylic acids is 1. The molecule has 0 bridgehead atoms. The maximum Gasteiger partial charge on any atom is 0.260 e. The van der Waals surface area contributed by atoms with Gasteiger partial charge in [-0.2, -0.15) is 0 Å². The number of benzene rings is 1. The summed E-state index contributed by atoms with van der Waals surface area (Å²) in [5.41, 5.74) is 6.20. The van der Waals surface area contributed by atoms with Crippen molar-refractivity contribution in [1.29, 1.82) is 0 Å². The number of likely N-dealkylation sites (N-methyl/N-ethyl adjacent to an activating group) is 1. The van der Waals surface area contributed by atoms with Gasteiger partial charge >= 0.3 is 0 Å². The van der Waals surface area contributed by atoms with Crippen molar-refractivity contribution in [1.82, 2.24) is 4.90 Å². The molecule has 0 aliphatic carbocycles. The fraction of sp³-hybridized carbons (Fsp3) is 0.500. The predicted octanol–water partition coefficient (Wildman–Crippen LogP) is 0.683. The molecule has 1 aromatic carbocycles. The van der Waals surface area contributed by atoms with Crippen molar-refractivity contribution in [3.8, 4) is 5.75 Å². The van der Waals surface area contributed by atoms with Crippen LogP contribution in [0.3, 0.4) is 0 Å². The number of nitrogen functional groups attached to an aromatic ring is 1. The van der Waals surface area contributed by atoms with Crippen molar-refractivity contribution >= 4 is 21.4 Å². The highest BCUT2D eigenvalue weighted by Crippen LogP contribution is 2.18. The zero-order valence-corrected chi connectivity index (χ0v) is 12.8. The van der Waals surface area contributed by atoms with Crippen LogP contribution in [0.4, 0.5) is 5.69 Å². The number of rotatable bonds is 5. The standard InChI is InChI=1S/C14H20N2O4S/c1-2-16(12-7-8-21(18,19)10-12)14(17)9-20-13-5-3-11(15)4-6-13/h3-6,12H,2,7-10,15H2,1H3. The molecule has 6 nitrogen and oxygen atoms in total. The lowest BCUT2D eigenvalue weighted by Gasteiger charge is -2.26. The van der Waals surface area contributed by atoms with E-state index in [0.29, 0.717) is 24.4 Å². The average Bonchev–Trinajstić information content (AvgIpc) is 2.79. The van der Waals surface area contributed by atoms with Crippen LogP contribution in [-0.4, -0.2) is 49.9 Å². The van der Waals surface area contributed by atoms with Gasteiger partial charge in [0.25, 0.3) is 5.91 Å². The summed E-state index contributed by atoms with van der Waals surface area (Å²) in [5, 5.41) is 0. The van der Waals surface area contributed by atoms with E-state index in [0.717, 1.165) is 0 Å². The molecule has 1 fully saturated rings. The molecule has 0 radical (unpaired) electrons. The highest BCUT2D eigenvalue weighted by atomic mass is 32.2. The van der Waals surface area contributed by atoms with Gasteiger partial charge in [-0.05, 0) is 37.6 Å². The van der Waals surface area contributed by atoms with Crippen LogP contribution >= 0.6 is 0 Å². The second-order valence-corrected chi connectivity index (χ2v) is 7.32. The maximum atomic E-state index is 12.2. The molecule has 1 aromatic rings. The Kier molecular flexibility index (Phi) is 4.72. The first-order valence-corrected chi connectivity index (χ1v) is 8.71. The molecule has 0 aromatic heterocycles. The molecule has 1 heterocycles. The van der Waals surface area contributed by atoms with Crippen molar-refractivity contribution in [3.05, 3.63) is 24.3 Å². The monoisotopic (exact) mass is 312 g/mol. The number of sulfone groups is 1. The second-order valence-electron chi connectivity index (χ2n) is 5.09. The van der Waals surface area contributed by atoms with Crippen molar-refractivity contribution in [2.24, 2.45) is 0 Å². The molecule has 1 aliphatic heterocycles. The second kappa shape index (κ2) is 6.34. The SMILES string of the molecule is CCN(C(=O)COc1ccc(N)cc1)C1CCS(=O)(=O)C1. The molecule has 116 valence electrons. The zero-order chi connectivity index (χ0) is 15.5. The molecule has 2 N–H and O–H groups in total. The molecule has 2 rings (SSSR count). The first kappa shape index (κ1) is 15.6. The van der Waals surface area contributed by atoms with Crippen molar-refractivity contribution in [2.45, 2.75) is 19.4 Å². The van der Waals surface area contributed by atoms with Gasteiger partial charge in [0.15, 0.2) is 16.4 Å². The minimum Gasteiger partial charge on any atom is -0.484 e. The zero-order valence-electron chi connectivity index (χ0n) is 12.0. The number of nitrogens with zero attached hydrogens (tertiary/aromatic N) is 1. The van der Waals surface area contributed by atoms with Gasteiger partial charge in [-0.3, -0.25) is 4.79 Å². The van der Waals surface area contributed by atoms with Gasteiger partial charge < -0.3 is 15.4 Å². The van der Waals surface area contributed by atoms with E-state index in [1.165, 1.54) is 0 Å². The van der Waals surface area contributed by atoms with Crippen LogP contribution < -0.4 is 10.5 Å². The predicted molar refractivity (Wildman–Crippen MR) is 80.8 cm³/mol. The molecule has 1 amide bonds. The molecular formula is C14H20N2O4S. The minimum absolute atomic E-state index is 0.0501. The van der Waals surface area contributed by atoms with Gasteiger partial charge in [0, 0.05) is 18.3 Å². The molecule has 1 unspecified atom stereocenters. The largest absolute Gasteiger partial charge is 0.484 e. The first-order valence-electron chi connectivity index (χ1n) is 6.89. The first-order chi connectivity index (χ1) is 9.91. The van der Waals surface area contributed by atoms with E-state index in [4.69, 9.17) is 10.5 Å². The molecule has 1 saturated heterocycles. The molecule has 1 atom stereocenters. The molecular weight excluding hydrogens is 292 g/mol. The summed E-state index contributed by atoms with van der Waals surface area (Å²) in [4.78, 5) is 13.8. The third-order valence-electron chi connectivity index (χ3n) is 3.55. The minimum atomic E-state index is -3.00. The molecule has 7 heteroatoms. The Bertz CT molecular complexity index is 598. The summed E-state index contributed by atoms with van der Waals surface area (Å²) in [6.45, 7) is 2.21. The number of hydrogen-bond donors (Lipinski definition) is 1. The fourth-order valence-electron chi connectivity index (χ4n) is 2.45. The molecule has 0 saturated carbocycles. The number of nitrogens with two attached hydrogens (primary N) is 1. The average molecular weight is 312 g/mol. The van der Waals surface area contributed by atoms with E-state index in [2.05, 4.69) is 0 Å². The lowest BCUT2D eigenvalue weighted by molar-refractivity contribution is -0.135. The number of amides is 1. The summed E-state index contributed by atoms with van der Waals surface area (Å²) in [7, 11) is -3.00. The van der Waals surface area contributed by atoms with Crippen LogP contribution in [0.25, 0.3) is 0 Å². The summed E-state index contributed by atoms with van der Waals surface area (Å²) in [6.07, 6.45) is 0.504. The molecule has 21 heavy (non-hydrogen) atoms. The number of hydrogen-bond acceptors (Lipinski definition) is 5. The van der Waals surface area contributed by atoms with Crippen LogP contribution in [-0.2, 0) is 14.6 Å². The lowest BCUT2D eigenvalue weighted by atomic mass is 10.2. The van der Waals surface area contributed by atoms with Crippen LogP contribution in [0.5, 0.6) is 5.75 Å². The van der Waals surface area contributed by atoms with Crippen molar-refractivity contribution < 1.29 is 17.9 Å². The van der Waals surface area contributed by atoms with Crippen molar-refractivity contribution in [2.75, 3.05) is 30.4 Å². The van der Waals surface area contributed by atoms with Crippen LogP contribution in [0.15, 0.2) is 24.3 Å². The highest BCUT2D eigenvalue weighted by Gasteiger charge is 2.33. The van der Waals surface area contributed by atoms with Crippen LogP contribution in [0, 0.1) is 0 Å². The Balaban J connectivity index is 1.93. The van der Waals surface area contributed by atoms with Crippen LogP contribution in [0.2, 0.25) is 0 Å². The Morgan fingerprint density at radius 1 is 1.38 bits per heavy atom. The van der Waals surface area contributed by atoms with Gasteiger partial charge in [0.1, 0.15) is 5.75 Å². The maximum absolute atomic E-state index is 12.2. The van der Waals surface area contributed by atoms with Crippen LogP contribution in [0.1, 0.15) is 13.3 Å². The van der Waals surface area contributed by atoms with Gasteiger partial charge in [-0.1, -0.05) is 0 Å². The van der Waals surface area contributed by atoms with Gasteiger partial charge in [0.2, 0.25) is 0 Å². The number of ether oxygens (including phenoxy) is 1. The van der Waals surface area contributed by atoms with E-state index < -0.39 is 9.84 Å². The Labute approximate surface area is 124 Å². The van der Waals surface area contributed by atoms with E-state index in [1.54, 1.807) is 29.2 Å². The van der Waals surface area contributed by atoms with E-state index in [1.807, 2.05) is 6.92 Å². The van der Waals surface area contributed by atoms with Gasteiger partial charge in [0.05, 0.1) is 11.5 Å². The quantitative estimate of drug-likeness (QED) is 0.808. The Hall–Kier alpha value is -1.76. The van der Waals surface area contributed by atoms with E-state index in [9.17, 15) is 13.2 Å². The van der Waals surface area contributed by atoms with Gasteiger partial charge in [-0.15, -0.1) is 0 Å². The fourth-order valence-corrected chi connectivity index (χ4v) is 4.18. The third-order valence-corrected chi connectivity index (χ3v) is 5.30. The topological polar surface area (TPSA) is 89.7 Å². The van der Waals surface area contributed by atoms with E-state index >= 15 is 0 Å². The normalized spacial score (nSPS) is 20.1. The van der Waals surface area contributed by atoms with E-state index in [-0.39, 0.29) is 30.1 Å². The summed E-state index contributed by atoms with van der Waals surface area (Å²) in [5.74, 6) is 0.568.